The molecule has 0 saturated carbocycles. The maximum atomic E-state index is 13.0. The van der Waals surface area contributed by atoms with Gasteiger partial charge in [0.25, 0.3) is 0 Å². The molecule has 0 spiro atoms. The molecule has 9 heteroatoms. The minimum absolute atomic E-state index is 0.152. The van der Waals surface area contributed by atoms with E-state index in [1.165, 1.54) is 327 Å². The van der Waals surface area contributed by atoms with Crippen molar-refractivity contribution in [2.75, 3.05) is 47.5 Å². The third kappa shape index (κ3) is 71.1. The second kappa shape index (κ2) is 69.7. The molecule has 9 nitrogen and oxygen atoms in total. The first kappa shape index (κ1) is 84.8. The number of ether oxygens (including phenoxy) is 4. The fourth-order valence-corrected chi connectivity index (χ4v) is 11.8. The van der Waals surface area contributed by atoms with Gasteiger partial charge in [-0.3, -0.25) is 9.59 Å². The second-order valence-corrected chi connectivity index (χ2v) is 27.7. The third-order valence-corrected chi connectivity index (χ3v) is 17.7. The predicted molar refractivity (Wildman–Crippen MR) is 371 cm³/mol. The summed E-state index contributed by atoms with van der Waals surface area (Å²) in [4.78, 5) is 37.6. The molecule has 87 heavy (non-hydrogen) atoms. The zero-order valence-corrected chi connectivity index (χ0v) is 58.9. The predicted octanol–water partition coefficient (Wildman–Crippen LogP) is 22.8. The fourth-order valence-electron chi connectivity index (χ4n) is 11.8. The number of esters is 2. The van der Waals surface area contributed by atoms with E-state index >= 15 is 0 Å². The van der Waals surface area contributed by atoms with E-state index in [1.807, 2.05) is 21.1 Å². The molecular weight excluding hydrogens is 1080 g/mol. The number of nitrogens with zero attached hydrogens (tertiary/aromatic N) is 1. The summed E-state index contributed by atoms with van der Waals surface area (Å²) in [7, 11) is 5.95. The number of quaternary nitrogens is 1. The van der Waals surface area contributed by atoms with Gasteiger partial charge in [0.05, 0.1) is 40.3 Å². The van der Waals surface area contributed by atoms with Gasteiger partial charge in [-0.25, -0.2) is 0 Å². The molecular formula is C78H149NO8. The molecule has 0 aromatic heterocycles. The van der Waals surface area contributed by atoms with E-state index in [9.17, 15) is 19.5 Å². The van der Waals surface area contributed by atoms with E-state index < -0.39 is 24.3 Å². The Morgan fingerprint density at radius 1 is 0.345 bits per heavy atom. The minimum Gasteiger partial charge on any atom is -0.545 e. The summed E-state index contributed by atoms with van der Waals surface area (Å²) in [6.45, 7) is 4.82. The lowest BCUT2D eigenvalue weighted by Gasteiger charge is -2.26. The molecule has 0 amide bonds. The van der Waals surface area contributed by atoms with Crippen molar-refractivity contribution in [2.45, 2.75) is 411 Å². The Balaban J connectivity index is 3.99. The molecule has 0 saturated heterocycles. The molecule has 2 unspecified atom stereocenters. The quantitative estimate of drug-likeness (QED) is 0.0195. The van der Waals surface area contributed by atoms with Crippen molar-refractivity contribution in [3.63, 3.8) is 0 Å². The van der Waals surface area contributed by atoms with Gasteiger partial charge >= 0.3 is 11.9 Å². The molecule has 0 rings (SSSR count). The Hall–Kier alpha value is -2.23. The summed E-state index contributed by atoms with van der Waals surface area (Å²) in [6, 6.07) is 0. The highest BCUT2D eigenvalue weighted by Gasteiger charge is 2.22. The molecule has 0 fully saturated rings. The van der Waals surface area contributed by atoms with Crippen molar-refractivity contribution >= 4 is 17.9 Å². The van der Waals surface area contributed by atoms with Crippen molar-refractivity contribution in [3.8, 4) is 0 Å². The number of allylic oxidation sites excluding steroid dienone is 4. The van der Waals surface area contributed by atoms with Crippen LogP contribution in [0.15, 0.2) is 24.3 Å². The van der Waals surface area contributed by atoms with Crippen LogP contribution in [0.2, 0.25) is 0 Å². The van der Waals surface area contributed by atoms with Crippen LogP contribution in [0.25, 0.3) is 0 Å². The number of carboxylic acids is 1. The molecule has 0 aliphatic heterocycles. The molecule has 0 aliphatic rings. The number of likely N-dealkylation sites (N-methyl/N-ethyl adjacent to an activating group) is 1. The van der Waals surface area contributed by atoms with E-state index in [4.69, 9.17) is 18.9 Å². The van der Waals surface area contributed by atoms with Crippen molar-refractivity contribution < 1.29 is 42.9 Å². The molecule has 0 heterocycles. The van der Waals surface area contributed by atoms with E-state index in [0.29, 0.717) is 17.4 Å². The number of carboxylic acid groups (broad SMARTS) is 1. The molecule has 0 bridgehead atoms. The van der Waals surface area contributed by atoms with Crippen molar-refractivity contribution in [3.05, 3.63) is 24.3 Å². The summed E-state index contributed by atoms with van der Waals surface area (Å²) in [5.41, 5.74) is 0. The number of unbranched alkanes of at least 4 members (excludes halogenated alkanes) is 54. The first-order valence-corrected chi connectivity index (χ1v) is 38.5. The Morgan fingerprint density at radius 3 is 0.908 bits per heavy atom. The van der Waals surface area contributed by atoms with Crippen LogP contribution in [0, 0.1) is 0 Å². The summed E-state index contributed by atoms with van der Waals surface area (Å²) >= 11 is 0. The number of rotatable bonds is 73. The van der Waals surface area contributed by atoms with Crippen LogP contribution < -0.4 is 5.11 Å². The number of carbonyl (C=O) groups is 3. The highest BCUT2D eigenvalue weighted by Crippen LogP contribution is 2.20. The Bertz CT molecular complexity index is 1480. The van der Waals surface area contributed by atoms with E-state index in [1.54, 1.807) is 0 Å². The summed E-state index contributed by atoms with van der Waals surface area (Å²) in [6.07, 6.45) is 84.4. The van der Waals surface area contributed by atoms with Crippen molar-refractivity contribution in [2.24, 2.45) is 0 Å². The summed E-state index contributed by atoms with van der Waals surface area (Å²) in [5, 5.41) is 11.8. The molecule has 514 valence electrons. The standard InChI is InChI=1S/C78H149NO8/c1-6-8-10-12-14-16-18-20-22-24-26-28-30-32-34-36-37-38-39-41-42-44-46-48-50-52-54-56-58-60-62-64-66-68-75(80)85-72-74(73-86-78(77(82)83)84-71-70-79(3,4)5)87-76(81)69-67-65-63-61-59-57-55-53-51-49-47-45-43-40-35-33-31-29-27-25-23-21-19-17-15-13-11-9-7-2/h19,21,25,27,74,78H,6-18,20,22-24,26,28-73H2,1-5H3/b21-19-,27-25-. The largest absolute Gasteiger partial charge is 0.545 e. The molecule has 0 aromatic rings. The van der Waals surface area contributed by atoms with Crippen LogP contribution in [0.1, 0.15) is 399 Å². The Labute approximate surface area is 541 Å². The van der Waals surface area contributed by atoms with Crippen LogP contribution in [0.3, 0.4) is 0 Å². The first-order valence-electron chi connectivity index (χ1n) is 38.5. The van der Waals surface area contributed by atoms with E-state index in [0.717, 1.165) is 44.9 Å². The van der Waals surface area contributed by atoms with Gasteiger partial charge in [0.1, 0.15) is 13.2 Å². The SMILES string of the molecule is CCCCCCC/C=C\C/C=C\CCCCCCCCCCCCCCCCCCCC(=O)OC(COC(=O)CCCCCCCCCCCCCCCCCCCCCCCCCCCCCCCCCCC)COC(OCC[N+](C)(C)C)C(=O)[O-]. The highest BCUT2D eigenvalue weighted by molar-refractivity contribution is 5.70. The Kier molecular flexibility index (Phi) is 67.9. The maximum Gasteiger partial charge on any atom is 0.306 e. The average molecular weight is 1230 g/mol. The number of carbonyl (C=O) groups excluding carboxylic acids is 3. The lowest BCUT2D eigenvalue weighted by molar-refractivity contribution is -0.870. The smallest absolute Gasteiger partial charge is 0.306 e. The van der Waals surface area contributed by atoms with Crippen molar-refractivity contribution in [1.82, 2.24) is 0 Å². The highest BCUT2D eigenvalue weighted by atomic mass is 16.7. The van der Waals surface area contributed by atoms with Crippen molar-refractivity contribution in [1.29, 1.82) is 0 Å². The van der Waals surface area contributed by atoms with Crippen LogP contribution in [-0.4, -0.2) is 82.3 Å². The molecule has 0 radical (unpaired) electrons. The first-order chi connectivity index (χ1) is 42.6. The number of hydrogen-bond acceptors (Lipinski definition) is 8. The Morgan fingerprint density at radius 2 is 0.621 bits per heavy atom. The minimum atomic E-state index is -1.62. The van der Waals surface area contributed by atoms with Gasteiger partial charge in [0, 0.05) is 12.8 Å². The van der Waals surface area contributed by atoms with Gasteiger partial charge in [-0.2, -0.15) is 0 Å². The van der Waals surface area contributed by atoms with E-state index in [-0.39, 0.29) is 32.2 Å². The molecule has 0 aliphatic carbocycles. The van der Waals surface area contributed by atoms with Crippen LogP contribution in [0.4, 0.5) is 0 Å². The van der Waals surface area contributed by atoms with Gasteiger partial charge in [-0.15, -0.1) is 0 Å². The van der Waals surface area contributed by atoms with Gasteiger partial charge in [-0.05, 0) is 44.9 Å². The molecule has 2 atom stereocenters. The van der Waals surface area contributed by atoms with Crippen LogP contribution in [-0.2, 0) is 33.3 Å². The lowest BCUT2D eigenvalue weighted by Crippen LogP contribution is -2.44. The van der Waals surface area contributed by atoms with E-state index in [2.05, 4.69) is 38.2 Å². The number of hydrogen-bond donors (Lipinski definition) is 0. The summed E-state index contributed by atoms with van der Waals surface area (Å²) in [5.74, 6) is -2.25. The maximum absolute atomic E-state index is 13.0. The number of aliphatic carboxylic acids is 1. The third-order valence-electron chi connectivity index (χ3n) is 17.7. The summed E-state index contributed by atoms with van der Waals surface area (Å²) < 4.78 is 22.9. The van der Waals surface area contributed by atoms with Crippen LogP contribution in [0.5, 0.6) is 0 Å². The monoisotopic (exact) mass is 1230 g/mol. The van der Waals surface area contributed by atoms with Gasteiger partial charge < -0.3 is 33.3 Å². The van der Waals surface area contributed by atoms with Crippen LogP contribution >= 0.6 is 0 Å². The molecule has 0 aromatic carbocycles. The average Bonchev–Trinajstić information content (AvgIpc) is 3.57. The van der Waals surface area contributed by atoms with Gasteiger partial charge in [0.15, 0.2) is 12.4 Å². The fraction of sp³-hybridized carbons (Fsp3) is 0.910. The lowest BCUT2D eigenvalue weighted by atomic mass is 10.0. The topological polar surface area (TPSA) is 111 Å². The second-order valence-electron chi connectivity index (χ2n) is 27.7. The van der Waals surface area contributed by atoms with Gasteiger partial charge in [-0.1, -0.05) is 366 Å². The van der Waals surface area contributed by atoms with Gasteiger partial charge in [0.2, 0.25) is 0 Å². The zero-order chi connectivity index (χ0) is 63.3. The molecule has 0 N–H and O–H groups in total. The normalized spacial score (nSPS) is 12.7. The zero-order valence-electron chi connectivity index (χ0n) is 58.9.